The Morgan fingerprint density at radius 1 is 1.21 bits per heavy atom. The Morgan fingerprint density at radius 2 is 2.05 bits per heavy atom. The van der Waals surface area contributed by atoms with E-state index in [1.54, 1.807) is 34.8 Å². The van der Waals surface area contributed by atoms with E-state index in [2.05, 4.69) is 33.4 Å². The van der Waals surface area contributed by atoms with E-state index < -0.39 is 0 Å². The summed E-state index contributed by atoms with van der Waals surface area (Å²) in [7, 11) is 1.54. The zero-order valence-electron chi connectivity index (χ0n) is 10.0. The lowest BCUT2D eigenvalue weighted by atomic mass is 10.1. The highest BCUT2D eigenvalue weighted by molar-refractivity contribution is 9.09. The van der Waals surface area contributed by atoms with Crippen molar-refractivity contribution in [3.8, 4) is 5.75 Å². The second-order valence-electron chi connectivity index (χ2n) is 4.05. The minimum Gasteiger partial charge on any atom is -0.497 e. The Morgan fingerprint density at radius 3 is 2.74 bits per heavy atom. The van der Waals surface area contributed by atoms with E-state index in [4.69, 9.17) is 4.74 Å². The maximum Gasteiger partial charge on any atom is 0.131 e. The summed E-state index contributed by atoms with van der Waals surface area (Å²) < 4.78 is 21.6. The van der Waals surface area contributed by atoms with Crippen molar-refractivity contribution in [2.24, 2.45) is 0 Å². The fraction of sp³-hybridized carbons (Fsp3) is 0.143. The highest BCUT2D eigenvalue weighted by Gasteiger charge is 2.18. The van der Waals surface area contributed by atoms with Crippen LogP contribution in [0.15, 0.2) is 35.7 Å². The second-order valence-corrected chi connectivity index (χ2v) is 7.03. The van der Waals surface area contributed by atoms with Crippen molar-refractivity contribution < 1.29 is 9.13 Å². The Kier molecular flexibility index (Phi) is 3.60. The average Bonchev–Trinajstić information content (AvgIpc) is 2.98. The molecule has 0 spiro atoms. The van der Waals surface area contributed by atoms with Crippen LogP contribution in [0, 0.1) is 5.82 Å². The first-order valence-corrected chi connectivity index (χ1v) is 8.24. The number of ether oxygens (including phenoxy) is 1. The van der Waals surface area contributed by atoms with E-state index in [9.17, 15) is 4.39 Å². The molecule has 1 aromatic carbocycles. The summed E-state index contributed by atoms with van der Waals surface area (Å²) in [5.74, 6) is 0.283. The first kappa shape index (κ1) is 13.1. The fourth-order valence-electron chi connectivity index (χ4n) is 1.90. The molecule has 19 heavy (non-hydrogen) atoms. The molecular weight excluding hydrogens is 347 g/mol. The molecule has 1 atom stereocenters. The SMILES string of the molecule is COc1ccc(C(Br)c2cc3sccc3s2)c(F)c1. The number of benzene rings is 1. The van der Waals surface area contributed by atoms with Crippen LogP contribution in [0.5, 0.6) is 5.75 Å². The number of alkyl halides is 1. The maximum atomic E-state index is 14.1. The lowest BCUT2D eigenvalue weighted by Gasteiger charge is -2.10. The van der Waals surface area contributed by atoms with Gasteiger partial charge in [0.05, 0.1) is 11.9 Å². The van der Waals surface area contributed by atoms with Gasteiger partial charge >= 0.3 is 0 Å². The molecule has 0 radical (unpaired) electrons. The van der Waals surface area contributed by atoms with Crippen molar-refractivity contribution in [3.63, 3.8) is 0 Å². The lowest BCUT2D eigenvalue weighted by molar-refractivity contribution is 0.411. The van der Waals surface area contributed by atoms with Gasteiger partial charge in [-0.25, -0.2) is 4.39 Å². The molecule has 0 bridgehead atoms. The van der Waals surface area contributed by atoms with Crippen LogP contribution in [0.2, 0.25) is 0 Å². The second kappa shape index (κ2) is 5.23. The number of hydrogen-bond donors (Lipinski definition) is 0. The molecule has 2 aromatic heterocycles. The smallest absolute Gasteiger partial charge is 0.131 e. The minimum absolute atomic E-state index is 0.122. The third kappa shape index (κ3) is 2.42. The summed E-state index contributed by atoms with van der Waals surface area (Å²) in [6, 6.07) is 9.18. The summed E-state index contributed by atoms with van der Waals surface area (Å²) in [6.07, 6.45) is 0. The molecule has 98 valence electrons. The highest BCUT2D eigenvalue weighted by atomic mass is 79.9. The van der Waals surface area contributed by atoms with Gasteiger partial charge < -0.3 is 4.74 Å². The molecule has 0 N–H and O–H groups in total. The third-order valence-corrected chi connectivity index (χ3v) is 6.34. The molecule has 0 saturated carbocycles. The van der Waals surface area contributed by atoms with E-state index in [0.29, 0.717) is 11.3 Å². The highest BCUT2D eigenvalue weighted by Crippen LogP contribution is 2.41. The maximum absolute atomic E-state index is 14.1. The Balaban J connectivity index is 1.99. The molecule has 0 fully saturated rings. The molecule has 1 nitrogen and oxygen atoms in total. The standard InChI is InChI=1S/C14H10BrFOS2/c1-17-8-2-3-9(10(16)6-8)14(15)13-7-12-11(19-13)4-5-18-12/h2-7,14H,1H3. The number of fused-ring (bicyclic) bond motifs is 1. The van der Waals surface area contributed by atoms with Gasteiger partial charge in [0.1, 0.15) is 11.6 Å². The zero-order chi connectivity index (χ0) is 13.4. The number of rotatable bonds is 3. The van der Waals surface area contributed by atoms with Crippen LogP contribution in [0.25, 0.3) is 9.40 Å². The van der Waals surface area contributed by atoms with E-state index >= 15 is 0 Å². The largest absolute Gasteiger partial charge is 0.497 e. The van der Waals surface area contributed by atoms with Crippen molar-refractivity contribution in [1.29, 1.82) is 0 Å². The van der Waals surface area contributed by atoms with Gasteiger partial charge in [-0.15, -0.1) is 22.7 Å². The van der Waals surface area contributed by atoms with Crippen molar-refractivity contribution in [2.75, 3.05) is 7.11 Å². The van der Waals surface area contributed by atoms with Crippen LogP contribution in [0.4, 0.5) is 4.39 Å². The van der Waals surface area contributed by atoms with Gasteiger partial charge in [0, 0.05) is 25.9 Å². The Bertz CT molecular complexity index is 691. The van der Waals surface area contributed by atoms with Crippen LogP contribution >= 0.6 is 38.6 Å². The van der Waals surface area contributed by atoms with Crippen LogP contribution in [-0.2, 0) is 0 Å². The van der Waals surface area contributed by atoms with Crippen molar-refractivity contribution in [3.05, 3.63) is 52.0 Å². The minimum atomic E-state index is -0.252. The van der Waals surface area contributed by atoms with Crippen molar-refractivity contribution in [1.82, 2.24) is 0 Å². The van der Waals surface area contributed by atoms with Gasteiger partial charge in [-0.3, -0.25) is 0 Å². The molecular formula is C14H10BrFOS2. The van der Waals surface area contributed by atoms with Gasteiger partial charge in [0.2, 0.25) is 0 Å². The molecule has 1 unspecified atom stereocenters. The quantitative estimate of drug-likeness (QED) is 0.555. The molecule has 0 amide bonds. The first-order valence-electron chi connectivity index (χ1n) is 5.63. The van der Waals surface area contributed by atoms with Gasteiger partial charge in [-0.05, 0) is 23.6 Å². The summed E-state index contributed by atoms with van der Waals surface area (Å²) in [5.41, 5.74) is 0.634. The Labute approximate surface area is 126 Å². The van der Waals surface area contributed by atoms with Gasteiger partial charge in [-0.1, -0.05) is 22.0 Å². The number of methoxy groups -OCH3 is 1. The van der Waals surface area contributed by atoms with E-state index in [1.807, 2.05) is 0 Å². The topological polar surface area (TPSA) is 9.23 Å². The summed E-state index contributed by atoms with van der Waals surface area (Å²) in [5, 5.41) is 2.07. The summed E-state index contributed by atoms with van der Waals surface area (Å²) in [6.45, 7) is 0. The molecule has 3 rings (SSSR count). The monoisotopic (exact) mass is 356 g/mol. The van der Waals surface area contributed by atoms with E-state index in [-0.39, 0.29) is 10.6 Å². The van der Waals surface area contributed by atoms with Crippen molar-refractivity contribution >= 4 is 48.0 Å². The van der Waals surface area contributed by atoms with Crippen LogP contribution < -0.4 is 4.74 Å². The average molecular weight is 357 g/mol. The number of hydrogen-bond acceptors (Lipinski definition) is 3. The molecule has 2 heterocycles. The summed E-state index contributed by atoms with van der Waals surface area (Å²) >= 11 is 6.99. The molecule has 5 heteroatoms. The fourth-order valence-corrected chi connectivity index (χ4v) is 4.80. The van der Waals surface area contributed by atoms with Gasteiger partial charge in [-0.2, -0.15) is 0 Å². The lowest BCUT2D eigenvalue weighted by Crippen LogP contribution is -1.95. The Hall–Kier alpha value is -0.910. The third-order valence-electron chi connectivity index (χ3n) is 2.89. The summed E-state index contributed by atoms with van der Waals surface area (Å²) in [4.78, 5) is 0.994. The van der Waals surface area contributed by atoms with Gasteiger partial charge in [0.25, 0.3) is 0 Å². The molecule has 0 aliphatic carbocycles. The molecule has 0 aliphatic heterocycles. The van der Waals surface area contributed by atoms with Crippen LogP contribution in [-0.4, -0.2) is 7.11 Å². The van der Waals surface area contributed by atoms with Crippen molar-refractivity contribution in [2.45, 2.75) is 4.83 Å². The molecule has 0 saturated heterocycles. The number of thiophene rings is 2. The molecule has 3 aromatic rings. The predicted octanol–water partition coefficient (Wildman–Crippen LogP) is 5.59. The normalized spacial score (nSPS) is 12.8. The van der Waals surface area contributed by atoms with Gasteiger partial charge in [0.15, 0.2) is 0 Å². The van der Waals surface area contributed by atoms with E-state index in [1.165, 1.54) is 22.6 Å². The van der Waals surface area contributed by atoms with Crippen LogP contribution in [0.3, 0.4) is 0 Å². The van der Waals surface area contributed by atoms with E-state index in [0.717, 1.165) is 4.88 Å². The first-order chi connectivity index (χ1) is 9.19. The van der Waals surface area contributed by atoms with Crippen LogP contribution in [0.1, 0.15) is 15.3 Å². The molecule has 0 aliphatic rings. The zero-order valence-corrected chi connectivity index (χ0v) is 13.2. The predicted molar refractivity (Wildman–Crippen MR) is 83.4 cm³/mol. The number of halogens is 2.